The number of hydrogen-bond donors (Lipinski definition) is 1. The lowest BCUT2D eigenvalue weighted by Crippen LogP contribution is -2.54. The van der Waals surface area contributed by atoms with Crippen molar-refractivity contribution in [2.45, 2.75) is 65.3 Å². The van der Waals surface area contributed by atoms with E-state index in [4.69, 9.17) is 4.74 Å². The van der Waals surface area contributed by atoms with Gasteiger partial charge in [0.25, 0.3) is 0 Å². The molecule has 4 heteroatoms. The van der Waals surface area contributed by atoms with Gasteiger partial charge in [0.2, 0.25) is 0 Å². The lowest BCUT2D eigenvalue weighted by Gasteiger charge is -2.42. The summed E-state index contributed by atoms with van der Waals surface area (Å²) in [6, 6.07) is 11.1. The highest BCUT2D eigenvalue weighted by molar-refractivity contribution is 5.68. The van der Waals surface area contributed by atoms with Crippen LogP contribution in [0.15, 0.2) is 30.3 Å². The number of ether oxygens (including phenoxy) is 1. The van der Waals surface area contributed by atoms with Crippen molar-refractivity contribution in [2.24, 2.45) is 5.92 Å². The average molecular weight is 318 g/mol. The van der Waals surface area contributed by atoms with Gasteiger partial charge in [-0.05, 0) is 45.6 Å². The minimum absolute atomic E-state index is 0.139. The van der Waals surface area contributed by atoms with Gasteiger partial charge in [0.05, 0.1) is 0 Å². The second kappa shape index (κ2) is 7.35. The molecule has 1 aromatic rings. The van der Waals surface area contributed by atoms with Gasteiger partial charge in [-0.15, -0.1) is 0 Å². The molecule has 2 rings (SSSR count). The van der Waals surface area contributed by atoms with Gasteiger partial charge in [0.1, 0.15) is 5.60 Å². The summed E-state index contributed by atoms with van der Waals surface area (Å²) >= 11 is 0. The summed E-state index contributed by atoms with van der Waals surface area (Å²) in [7, 11) is 0. The van der Waals surface area contributed by atoms with Gasteiger partial charge >= 0.3 is 6.09 Å². The van der Waals surface area contributed by atoms with Crippen molar-refractivity contribution in [3.63, 3.8) is 0 Å². The molecule has 1 aromatic carbocycles. The number of nitrogens with zero attached hydrogens (tertiary/aromatic N) is 1. The summed E-state index contributed by atoms with van der Waals surface area (Å²) in [6.07, 6.45) is 0.676. The quantitative estimate of drug-likeness (QED) is 0.921. The molecular formula is C19H30N2O2. The molecule has 1 aliphatic heterocycles. The predicted molar refractivity (Wildman–Crippen MR) is 93.3 cm³/mol. The van der Waals surface area contributed by atoms with E-state index in [-0.39, 0.29) is 12.1 Å². The number of benzene rings is 1. The predicted octanol–water partition coefficient (Wildman–Crippen LogP) is 3.81. The fourth-order valence-corrected chi connectivity index (χ4v) is 3.13. The molecule has 1 fully saturated rings. The normalized spacial score (nSPS) is 25.9. The van der Waals surface area contributed by atoms with Gasteiger partial charge in [0, 0.05) is 25.2 Å². The van der Waals surface area contributed by atoms with Crippen LogP contribution in [0.5, 0.6) is 0 Å². The molecule has 3 atom stereocenters. The number of rotatable bonds is 3. The smallest absolute Gasteiger partial charge is 0.407 e. The van der Waals surface area contributed by atoms with E-state index in [1.165, 1.54) is 5.56 Å². The summed E-state index contributed by atoms with van der Waals surface area (Å²) in [4.78, 5) is 14.5. The van der Waals surface area contributed by atoms with Gasteiger partial charge in [0.15, 0.2) is 0 Å². The van der Waals surface area contributed by atoms with E-state index in [0.29, 0.717) is 12.0 Å². The minimum atomic E-state index is -0.457. The monoisotopic (exact) mass is 318 g/mol. The topological polar surface area (TPSA) is 41.6 Å². The Kier molecular flexibility index (Phi) is 5.69. The molecule has 0 aromatic heterocycles. The first-order chi connectivity index (χ1) is 10.7. The Morgan fingerprint density at radius 1 is 1.26 bits per heavy atom. The van der Waals surface area contributed by atoms with Crippen molar-refractivity contribution in [2.75, 3.05) is 6.54 Å². The molecule has 4 nitrogen and oxygen atoms in total. The van der Waals surface area contributed by atoms with E-state index in [1.807, 2.05) is 26.8 Å². The molecule has 0 radical (unpaired) electrons. The third-order valence-electron chi connectivity index (χ3n) is 4.46. The van der Waals surface area contributed by atoms with Crippen LogP contribution in [0.25, 0.3) is 0 Å². The maximum Gasteiger partial charge on any atom is 0.407 e. The molecule has 0 bridgehead atoms. The van der Waals surface area contributed by atoms with Crippen LogP contribution >= 0.6 is 0 Å². The van der Waals surface area contributed by atoms with Gasteiger partial charge in [-0.25, -0.2) is 4.79 Å². The van der Waals surface area contributed by atoms with E-state index in [2.05, 4.69) is 48.3 Å². The Balaban J connectivity index is 1.96. The molecule has 1 saturated heterocycles. The number of carbonyl (C=O) groups excluding carboxylic acids is 1. The van der Waals surface area contributed by atoms with Crippen LogP contribution in [0.2, 0.25) is 0 Å². The van der Waals surface area contributed by atoms with Crippen LogP contribution in [0.4, 0.5) is 4.79 Å². The van der Waals surface area contributed by atoms with Gasteiger partial charge in [-0.1, -0.05) is 37.3 Å². The SMILES string of the molecule is C[C@@H]1C[C@H](NC(=O)OC(C)(C)C)CN(Cc2ccccc2)[C@H]1C. The zero-order valence-corrected chi connectivity index (χ0v) is 15.0. The maximum atomic E-state index is 12.0. The minimum Gasteiger partial charge on any atom is -0.444 e. The third-order valence-corrected chi connectivity index (χ3v) is 4.46. The van der Waals surface area contributed by atoms with Crippen LogP contribution in [0.3, 0.4) is 0 Å². The van der Waals surface area contributed by atoms with Gasteiger partial charge < -0.3 is 10.1 Å². The van der Waals surface area contributed by atoms with Crippen molar-refractivity contribution in [1.82, 2.24) is 10.2 Å². The number of carbonyl (C=O) groups is 1. The van der Waals surface area contributed by atoms with Gasteiger partial charge in [-0.3, -0.25) is 4.90 Å². The van der Waals surface area contributed by atoms with E-state index >= 15 is 0 Å². The Labute approximate surface area is 140 Å². The van der Waals surface area contributed by atoms with Crippen LogP contribution < -0.4 is 5.32 Å². The van der Waals surface area contributed by atoms with Crippen molar-refractivity contribution >= 4 is 6.09 Å². The summed E-state index contributed by atoms with van der Waals surface area (Å²) in [6.45, 7) is 12.0. The average Bonchev–Trinajstić information content (AvgIpc) is 2.43. The Morgan fingerprint density at radius 3 is 2.52 bits per heavy atom. The molecule has 0 spiro atoms. The lowest BCUT2D eigenvalue weighted by molar-refractivity contribution is 0.0383. The molecule has 1 N–H and O–H groups in total. The molecule has 0 saturated carbocycles. The number of nitrogens with one attached hydrogen (secondary N) is 1. The van der Waals surface area contributed by atoms with Crippen LogP contribution in [0.1, 0.15) is 46.6 Å². The van der Waals surface area contributed by atoms with Crippen LogP contribution in [-0.2, 0) is 11.3 Å². The molecule has 23 heavy (non-hydrogen) atoms. The van der Waals surface area contributed by atoms with E-state index in [9.17, 15) is 4.79 Å². The third kappa shape index (κ3) is 5.54. The molecule has 0 unspecified atom stereocenters. The summed E-state index contributed by atoms with van der Waals surface area (Å²) in [5.74, 6) is 0.535. The fraction of sp³-hybridized carbons (Fsp3) is 0.632. The highest BCUT2D eigenvalue weighted by Gasteiger charge is 2.32. The van der Waals surface area contributed by atoms with Crippen molar-refractivity contribution in [3.8, 4) is 0 Å². The van der Waals surface area contributed by atoms with Crippen molar-refractivity contribution in [1.29, 1.82) is 0 Å². The van der Waals surface area contributed by atoms with Crippen molar-refractivity contribution in [3.05, 3.63) is 35.9 Å². The molecule has 1 heterocycles. The molecule has 1 amide bonds. The first-order valence-electron chi connectivity index (χ1n) is 8.52. The number of amides is 1. The molecular weight excluding hydrogens is 288 g/mol. The first-order valence-corrected chi connectivity index (χ1v) is 8.52. The molecule has 0 aliphatic carbocycles. The molecule has 1 aliphatic rings. The zero-order chi connectivity index (χ0) is 17.0. The lowest BCUT2D eigenvalue weighted by atomic mass is 9.88. The van der Waals surface area contributed by atoms with Crippen LogP contribution in [0, 0.1) is 5.92 Å². The Morgan fingerprint density at radius 2 is 1.91 bits per heavy atom. The highest BCUT2D eigenvalue weighted by atomic mass is 16.6. The number of alkyl carbamates (subject to hydrolysis) is 1. The van der Waals surface area contributed by atoms with Crippen LogP contribution in [-0.4, -0.2) is 35.2 Å². The number of likely N-dealkylation sites (tertiary alicyclic amines) is 1. The summed E-state index contributed by atoms with van der Waals surface area (Å²) in [5, 5.41) is 3.04. The number of piperidine rings is 1. The fourth-order valence-electron chi connectivity index (χ4n) is 3.13. The van der Waals surface area contributed by atoms with E-state index in [0.717, 1.165) is 19.5 Å². The largest absolute Gasteiger partial charge is 0.444 e. The van der Waals surface area contributed by atoms with E-state index in [1.54, 1.807) is 0 Å². The van der Waals surface area contributed by atoms with Gasteiger partial charge in [-0.2, -0.15) is 0 Å². The number of hydrogen-bond acceptors (Lipinski definition) is 3. The zero-order valence-electron chi connectivity index (χ0n) is 15.0. The Bertz CT molecular complexity index is 510. The molecule has 128 valence electrons. The van der Waals surface area contributed by atoms with E-state index < -0.39 is 5.60 Å². The van der Waals surface area contributed by atoms with Crippen molar-refractivity contribution < 1.29 is 9.53 Å². The second-order valence-corrected chi connectivity index (χ2v) is 7.71. The second-order valence-electron chi connectivity index (χ2n) is 7.71. The summed E-state index contributed by atoms with van der Waals surface area (Å²) < 4.78 is 5.39. The first kappa shape index (κ1) is 17.8. The highest BCUT2D eigenvalue weighted by Crippen LogP contribution is 2.25. The standard InChI is InChI=1S/C19H30N2O2/c1-14-11-17(20-18(22)23-19(3,4)5)13-21(15(14)2)12-16-9-7-6-8-10-16/h6-10,14-15,17H,11-13H2,1-5H3,(H,20,22)/t14-,15+,17+/m1/s1. The Hall–Kier alpha value is -1.55. The summed E-state index contributed by atoms with van der Waals surface area (Å²) in [5.41, 5.74) is 0.853. The maximum absolute atomic E-state index is 12.0.